The second kappa shape index (κ2) is 7.29. The number of hydrogen-bond acceptors (Lipinski definition) is 4. The minimum Gasteiger partial charge on any atom is -0.377 e. The Kier molecular flexibility index (Phi) is 6.00. The molecule has 0 aliphatic heterocycles. The van der Waals surface area contributed by atoms with Gasteiger partial charge in [-0.1, -0.05) is 5.16 Å². The summed E-state index contributed by atoms with van der Waals surface area (Å²) in [5, 5.41) is 6.50. The van der Waals surface area contributed by atoms with Crippen LogP contribution in [0.1, 0.15) is 36.0 Å². The fraction of sp³-hybridized carbons (Fsp3) is 0.636. The number of rotatable bonds is 7. The van der Waals surface area contributed by atoms with Crippen LogP contribution in [-0.2, 0) is 11.3 Å². The van der Waals surface area contributed by atoms with E-state index >= 15 is 0 Å². The van der Waals surface area contributed by atoms with Gasteiger partial charge in [0.2, 0.25) is 0 Å². The summed E-state index contributed by atoms with van der Waals surface area (Å²) in [6, 6.07) is 1.65. The number of amides is 1. The molecule has 1 heterocycles. The van der Waals surface area contributed by atoms with E-state index in [-0.39, 0.29) is 17.6 Å². The summed E-state index contributed by atoms with van der Waals surface area (Å²) in [5.74, 6) is 0.895. The molecule has 1 unspecified atom stereocenters. The van der Waals surface area contributed by atoms with Gasteiger partial charge in [-0.15, -0.1) is 11.6 Å². The second-order valence-corrected chi connectivity index (χ2v) is 4.20. The fourth-order valence-corrected chi connectivity index (χ4v) is 1.54. The third kappa shape index (κ3) is 4.75. The largest absolute Gasteiger partial charge is 0.377 e. The molecular weight excluding hydrogens is 244 g/mol. The standard InChI is InChI=1S/C11H17ClN2O3/c1-8(4-3-5-12)13-11(15)10-6-9(7-16-2)17-14-10/h6,8H,3-5,7H2,1-2H3,(H,13,15). The molecule has 1 aromatic heterocycles. The van der Waals surface area contributed by atoms with Gasteiger partial charge in [-0.05, 0) is 19.8 Å². The summed E-state index contributed by atoms with van der Waals surface area (Å²) < 4.78 is 9.81. The smallest absolute Gasteiger partial charge is 0.273 e. The molecule has 0 saturated carbocycles. The van der Waals surface area contributed by atoms with Gasteiger partial charge in [-0.25, -0.2) is 0 Å². The maximum Gasteiger partial charge on any atom is 0.273 e. The van der Waals surface area contributed by atoms with Crippen LogP contribution < -0.4 is 5.32 Å². The van der Waals surface area contributed by atoms with E-state index in [1.165, 1.54) is 0 Å². The van der Waals surface area contributed by atoms with E-state index in [4.69, 9.17) is 20.9 Å². The maximum atomic E-state index is 11.7. The first-order valence-corrected chi connectivity index (χ1v) is 6.02. The Bertz CT molecular complexity index is 354. The van der Waals surface area contributed by atoms with Gasteiger partial charge in [0, 0.05) is 25.1 Å². The van der Waals surface area contributed by atoms with Gasteiger partial charge >= 0.3 is 0 Å². The van der Waals surface area contributed by atoms with E-state index in [1.807, 2.05) is 6.92 Å². The number of carbonyl (C=O) groups is 1. The van der Waals surface area contributed by atoms with Gasteiger partial charge < -0.3 is 14.6 Å². The molecule has 1 rings (SSSR count). The van der Waals surface area contributed by atoms with E-state index in [0.29, 0.717) is 18.2 Å². The summed E-state index contributed by atoms with van der Waals surface area (Å²) in [4.78, 5) is 11.7. The Balaban J connectivity index is 2.45. The predicted octanol–water partition coefficient (Wildman–Crippen LogP) is 1.96. The van der Waals surface area contributed by atoms with Gasteiger partial charge in [-0.3, -0.25) is 4.79 Å². The van der Waals surface area contributed by atoms with Crippen molar-refractivity contribution in [1.82, 2.24) is 10.5 Å². The van der Waals surface area contributed by atoms with Gasteiger partial charge in [0.1, 0.15) is 6.61 Å². The van der Waals surface area contributed by atoms with Crippen molar-refractivity contribution in [2.24, 2.45) is 0 Å². The maximum absolute atomic E-state index is 11.7. The number of carbonyl (C=O) groups excluding carboxylic acids is 1. The first-order chi connectivity index (χ1) is 8.17. The van der Waals surface area contributed by atoms with Crippen molar-refractivity contribution in [2.45, 2.75) is 32.4 Å². The van der Waals surface area contributed by atoms with Crippen LogP contribution in [0.2, 0.25) is 0 Å². The first-order valence-electron chi connectivity index (χ1n) is 5.48. The zero-order valence-electron chi connectivity index (χ0n) is 10.0. The first kappa shape index (κ1) is 14.0. The number of ether oxygens (including phenoxy) is 1. The van der Waals surface area contributed by atoms with Crippen LogP contribution in [0, 0.1) is 0 Å². The van der Waals surface area contributed by atoms with E-state index in [1.54, 1.807) is 13.2 Å². The minimum absolute atomic E-state index is 0.0730. The van der Waals surface area contributed by atoms with Crippen molar-refractivity contribution in [3.8, 4) is 0 Å². The van der Waals surface area contributed by atoms with Crippen LogP contribution in [0.4, 0.5) is 0 Å². The number of nitrogens with one attached hydrogen (secondary N) is 1. The molecule has 0 aromatic carbocycles. The number of halogens is 1. The SMILES string of the molecule is COCc1cc(C(=O)NC(C)CCCCl)no1. The molecule has 17 heavy (non-hydrogen) atoms. The molecule has 0 aliphatic rings. The monoisotopic (exact) mass is 260 g/mol. The topological polar surface area (TPSA) is 64.4 Å². The summed E-state index contributed by atoms with van der Waals surface area (Å²) in [6.45, 7) is 2.24. The average molecular weight is 261 g/mol. The van der Waals surface area contributed by atoms with Crippen molar-refractivity contribution in [2.75, 3.05) is 13.0 Å². The molecule has 0 radical (unpaired) electrons. The zero-order valence-corrected chi connectivity index (χ0v) is 10.8. The van der Waals surface area contributed by atoms with E-state index in [0.717, 1.165) is 12.8 Å². The molecule has 0 aliphatic carbocycles. The zero-order chi connectivity index (χ0) is 12.7. The van der Waals surface area contributed by atoms with Crippen molar-refractivity contribution < 1.29 is 14.1 Å². The van der Waals surface area contributed by atoms with Crippen LogP contribution in [-0.4, -0.2) is 30.1 Å². The van der Waals surface area contributed by atoms with Crippen LogP contribution >= 0.6 is 11.6 Å². The lowest BCUT2D eigenvalue weighted by atomic mass is 10.2. The number of aromatic nitrogens is 1. The molecule has 0 fully saturated rings. The highest BCUT2D eigenvalue weighted by atomic mass is 35.5. The van der Waals surface area contributed by atoms with Crippen molar-refractivity contribution >= 4 is 17.5 Å². The van der Waals surface area contributed by atoms with Crippen molar-refractivity contribution in [1.29, 1.82) is 0 Å². The van der Waals surface area contributed by atoms with Gasteiger partial charge in [0.15, 0.2) is 11.5 Å². The van der Waals surface area contributed by atoms with Gasteiger partial charge in [0.25, 0.3) is 5.91 Å². The summed E-state index contributed by atoms with van der Waals surface area (Å²) in [6.07, 6.45) is 1.72. The Morgan fingerprint density at radius 1 is 1.71 bits per heavy atom. The molecule has 0 spiro atoms. The number of alkyl halides is 1. The lowest BCUT2D eigenvalue weighted by Crippen LogP contribution is -2.32. The third-order valence-electron chi connectivity index (χ3n) is 2.23. The molecule has 0 saturated heterocycles. The Hall–Kier alpha value is -1.07. The molecule has 1 amide bonds. The number of methoxy groups -OCH3 is 1. The molecule has 6 heteroatoms. The summed E-state index contributed by atoms with van der Waals surface area (Å²) in [7, 11) is 1.55. The van der Waals surface area contributed by atoms with Crippen LogP contribution in [0.5, 0.6) is 0 Å². The molecule has 0 bridgehead atoms. The number of hydrogen-bond donors (Lipinski definition) is 1. The quantitative estimate of drug-likeness (QED) is 0.761. The highest BCUT2D eigenvalue weighted by molar-refractivity contribution is 6.17. The molecule has 1 aromatic rings. The fourth-order valence-electron chi connectivity index (χ4n) is 1.38. The Morgan fingerprint density at radius 2 is 2.47 bits per heavy atom. The van der Waals surface area contributed by atoms with Gasteiger partial charge in [-0.2, -0.15) is 0 Å². The average Bonchev–Trinajstić information content (AvgIpc) is 2.75. The predicted molar refractivity (Wildman–Crippen MR) is 64.1 cm³/mol. The summed E-state index contributed by atoms with van der Waals surface area (Å²) >= 11 is 5.58. The van der Waals surface area contributed by atoms with Crippen molar-refractivity contribution in [3.05, 3.63) is 17.5 Å². The lowest BCUT2D eigenvalue weighted by molar-refractivity contribution is 0.0928. The normalized spacial score (nSPS) is 12.4. The van der Waals surface area contributed by atoms with Crippen LogP contribution in [0.25, 0.3) is 0 Å². The van der Waals surface area contributed by atoms with E-state index in [2.05, 4.69) is 10.5 Å². The van der Waals surface area contributed by atoms with Crippen LogP contribution in [0.3, 0.4) is 0 Å². The highest BCUT2D eigenvalue weighted by Gasteiger charge is 2.14. The Labute approximate surface area is 105 Å². The minimum atomic E-state index is -0.238. The van der Waals surface area contributed by atoms with Crippen molar-refractivity contribution in [3.63, 3.8) is 0 Å². The molecular formula is C11H17ClN2O3. The molecule has 1 atom stereocenters. The molecule has 5 nitrogen and oxygen atoms in total. The number of nitrogens with zero attached hydrogens (tertiary/aromatic N) is 1. The molecule has 96 valence electrons. The third-order valence-corrected chi connectivity index (χ3v) is 2.49. The molecule has 1 N–H and O–H groups in total. The van der Waals surface area contributed by atoms with E-state index in [9.17, 15) is 4.79 Å². The van der Waals surface area contributed by atoms with Crippen LogP contribution in [0.15, 0.2) is 10.6 Å². The Morgan fingerprint density at radius 3 is 3.12 bits per heavy atom. The lowest BCUT2D eigenvalue weighted by Gasteiger charge is -2.11. The second-order valence-electron chi connectivity index (χ2n) is 3.82. The summed E-state index contributed by atoms with van der Waals surface area (Å²) in [5.41, 5.74) is 0.273. The highest BCUT2D eigenvalue weighted by Crippen LogP contribution is 2.06. The van der Waals surface area contributed by atoms with E-state index < -0.39 is 0 Å². The van der Waals surface area contributed by atoms with Gasteiger partial charge in [0.05, 0.1) is 0 Å².